The van der Waals surface area contributed by atoms with Crippen molar-refractivity contribution in [3.63, 3.8) is 0 Å². The molecule has 0 aliphatic heterocycles. The number of carbonyl (C=O) groups is 1. The van der Waals surface area contributed by atoms with Gasteiger partial charge in [-0.1, -0.05) is 23.7 Å². The molecule has 2 aliphatic rings. The Kier molecular flexibility index (Phi) is 4.62. The number of amides is 1. The smallest absolute Gasteiger partial charge is 0.223 e. The van der Waals surface area contributed by atoms with Gasteiger partial charge in [-0.25, -0.2) is 0 Å². The molecule has 110 valence electrons. The van der Waals surface area contributed by atoms with Crippen molar-refractivity contribution in [3.05, 3.63) is 34.9 Å². The molecule has 0 heterocycles. The first kappa shape index (κ1) is 15.6. The van der Waals surface area contributed by atoms with E-state index in [1.807, 2.05) is 24.3 Å². The van der Waals surface area contributed by atoms with Gasteiger partial charge in [0.15, 0.2) is 0 Å². The first-order valence-electron chi connectivity index (χ1n) is 6.93. The van der Waals surface area contributed by atoms with Gasteiger partial charge in [0, 0.05) is 17.0 Å². The van der Waals surface area contributed by atoms with E-state index in [1.54, 1.807) is 0 Å². The Labute approximate surface area is 130 Å². The fourth-order valence-corrected chi connectivity index (χ4v) is 3.18. The van der Waals surface area contributed by atoms with E-state index in [4.69, 9.17) is 17.3 Å². The van der Waals surface area contributed by atoms with E-state index in [1.165, 1.54) is 0 Å². The first-order valence-corrected chi connectivity index (χ1v) is 7.30. The van der Waals surface area contributed by atoms with Gasteiger partial charge in [0.2, 0.25) is 5.91 Å². The molecule has 0 spiro atoms. The fourth-order valence-electron chi connectivity index (χ4n) is 2.99. The van der Waals surface area contributed by atoms with Gasteiger partial charge in [-0.15, -0.1) is 12.4 Å². The van der Waals surface area contributed by atoms with Crippen LogP contribution in [0.2, 0.25) is 5.02 Å². The molecule has 1 aromatic rings. The summed E-state index contributed by atoms with van der Waals surface area (Å²) in [6.07, 6.45) is 4.69. The summed E-state index contributed by atoms with van der Waals surface area (Å²) in [5, 5.41) is 3.94. The number of carbonyl (C=O) groups excluding carboxylic acids is 1. The maximum Gasteiger partial charge on any atom is 0.223 e. The summed E-state index contributed by atoms with van der Waals surface area (Å²) in [5.74, 6) is 0.247. The topological polar surface area (TPSA) is 55.1 Å². The van der Waals surface area contributed by atoms with E-state index in [-0.39, 0.29) is 35.8 Å². The molecule has 1 aromatic carbocycles. The SMILES string of the molecule is Cl.NC1CCC(C(=O)NC2(c3cccc(Cl)c3)CC2)C1. The largest absolute Gasteiger partial charge is 0.346 e. The number of benzene rings is 1. The van der Waals surface area contributed by atoms with E-state index in [0.29, 0.717) is 0 Å². The van der Waals surface area contributed by atoms with Crippen LogP contribution in [0.15, 0.2) is 24.3 Å². The van der Waals surface area contributed by atoms with Gasteiger partial charge < -0.3 is 11.1 Å². The third kappa shape index (κ3) is 3.11. The molecule has 0 aromatic heterocycles. The third-order valence-corrected chi connectivity index (χ3v) is 4.57. The third-order valence-electron chi connectivity index (χ3n) is 4.33. The van der Waals surface area contributed by atoms with E-state index < -0.39 is 0 Å². The number of rotatable bonds is 3. The second kappa shape index (κ2) is 5.92. The summed E-state index contributed by atoms with van der Waals surface area (Å²) in [4.78, 5) is 12.3. The summed E-state index contributed by atoms with van der Waals surface area (Å²) in [5.41, 5.74) is 6.82. The lowest BCUT2D eigenvalue weighted by Crippen LogP contribution is -2.38. The lowest BCUT2D eigenvalue weighted by atomic mass is 10.0. The molecule has 3 rings (SSSR count). The maximum atomic E-state index is 12.3. The van der Waals surface area contributed by atoms with Crippen LogP contribution in [-0.2, 0) is 10.3 Å². The van der Waals surface area contributed by atoms with Crippen LogP contribution in [0.3, 0.4) is 0 Å². The Hall–Kier alpha value is -0.770. The van der Waals surface area contributed by atoms with Crippen molar-refractivity contribution in [2.24, 2.45) is 11.7 Å². The molecule has 0 radical (unpaired) electrons. The highest BCUT2D eigenvalue weighted by molar-refractivity contribution is 6.30. The monoisotopic (exact) mass is 314 g/mol. The van der Waals surface area contributed by atoms with E-state index >= 15 is 0 Å². The Morgan fingerprint density at radius 2 is 2.10 bits per heavy atom. The zero-order valence-electron chi connectivity index (χ0n) is 11.3. The van der Waals surface area contributed by atoms with E-state index in [0.717, 1.165) is 42.7 Å². The van der Waals surface area contributed by atoms with Crippen molar-refractivity contribution in [2.45, 2.75) is 43.7 Å². The van der Waals surface area contributed by atoms with Gasteiger partial charge in [0.05, 0.1) is 5.54 Å². The summed E-state index contributed by atoms with van der Waals surface area (Å²) in [6.45, 7) is 0. The lowest BCUT2D eigenvalue weighted by Gasteiger charge is -2.20. The molecular weight excluding hydrogens is 295 g/mol. The van der Waals surface area contributed by atoms with Gasteiger partial charge in [0.1, 0.15) is 0 Å². The Balaban J connectivity index is 0.00000147. The fraction of sp³-hybridized carbons (Fsp3) is 0.533. The zero-order valence-corrected chi connectivity index (χ0v) is 12.8. The van der Waals surface area contributed by atoms with Crippen molar-refractivity contribution in [1.29, 1.82) is 0 Å². The average molecular weight is 315 g/mol. The standard InChI is InChI=1S/C15H19ClN2O.ClH/c16-12-3-1-2-11(9-12)15(6-7-15)18-14(19)10-4-5-13(17)8-10;/h1-3,9-10,13H,4-8,17H2,(H,18,19);1H. The summed E-state index contributed by atoms with van der Waals surface area (Å²) in [6, 6.07) is 7.99. The van der Waals surface area contributed by atoms with E-state index in [2.05, 4.69) is 5.32 Å². The highest BCUT2D eigenvalue weighted by Crippen LogP contribution is 2.46. The van der Waals surface area contributed by atoms with Gasteiger partial charge >= 0.3 is 0 Å². The Bertz CT molecular complexity index is 502. The van der Waals surface area contributed by atoms with Gasteiger partial charge in [-0.05, 0) is 49.8 Å². The Morgan fingerprint density at radius 1 is 1.35 bits per heavy atom. The number of nitrogens with two attached hydrogens (primary N) is 1. The van der Waals surface area contributed by atoms with Crippen molar-refractivity contribution in [2.75, 3.05) is 0 Å². The average Bonchev–Trinajstić information content (AvgIpc) is 3.03. The van der Waals surface area contributed by atoms with Crippen molar-refractivity contribution in [1.82, 2.24) is 5.32 Å². The first-order chi connectivity index (χ1) is 9.09. The molecule has 2 saturated carbocycles. The van der Waals surface area contributed by atoms with Crippen molar-refractivity contribution >= 4 is 29.9 Å². The molecular formula is C15H20Cl2N2O. The molecule has 2 unspecified atom stereocenters. The van der Waals surface area contributed by atoms with Gasteiger partial charge in [-0.3, -0.25) is 4.79 Å². The van der Waals surface area contributed by atoms with Crippen molar-refractivity contribution < 1.29 is 4.79 Å². The predicted octanol–water partition coefficient (Wildman–Crippen LogP) is 2.99. The quantitative estimate of drug-likeness (QED) is 0.901. The lowest BCUT2D eigenvalue weighted by molar-refractivity contribution is -0.125. The van der Waals surface area contributed by atoms with Crippen LogP contribution in [0.5, 0.6) is 0 Å². The van der Waals surface area contributed by atoms with Crippen LogP contribution in [0, 0.1) is 5.92 Å². The maximum absolute atomic E-state index is 12.3. The normalized spacial score (nSPS) is 26.7. The van der Waals surface area contributed by atoms with Crippen molar-refractivity contribution in [3.8, 4) is 0 Å². The highest BCUT2D eigenvalue weighted by Gasteiger charge is 2.46. The molecule has 5 heteroatoms. The molecule has 0 bridgehead atoms. The molecule has 1 amide bonds. The highest BCUT2D eigenvalue weighted by atomic mass is 35.5. The van der Waals surface area contributed by atoms with Crippen LogP contribution in [0.25, 0.3) is 0 Å². The molecule has 20 heavy (non-hydrogen) atoms. The Morgan fingerprint density at radius 3 is 2.65 bits per heavy atom. The van der Waals surface area contributed by atoms with Gasteiger partial charge in [-0.2, -0.15) is 0 Å². The minimum absolute atomic E-state index is 0. The summed E-state index contributed by atoms with van der Waals surface area (Å²) < 4.78 is 0. The molecule has 3 nitrogen and oxygen atoms in total. The van der Waals surface area contributed by atoms with Gasteiger partial charge in [0.25, 0.3) is 0 Å². The minimum atomic E-state index is -0.172. The second-order valence-electron chi connectivity index (χ2n) is 5.85. The number of halogens is 2. The predicted molar refractivity (Wildman–Crippen MR) is 83.1 cm³/mol. The summed E-state index contributed by atoms with van der Waals surface area (Å²) in [7, 11) is 0. The van der Waals surface area contributed by atoms with Crippen LogP contribution in [0.1, 0.15) is 37.7 Å². The number of hydrogen-bond donors (Lipinski definition) is 2. The van der Waals surface area contributed by atoms with Crippen LogP contribution in [-0.4, -0.2) is 11.9 Å². The van der Waals surface area contributed by atoms with Crippen LogP contribution < -0.4 is 11.1 Å². The molecule has 2 fully saturated rings. The second-order valence-corrected chi connectivity index (χ2v) is 6.29. The molecule has 0 saturated heterocycles. The molecule has 2 atom stereocenters. The molecule has 2 aliphatic carbocycles. The van der Waals surface area contributed by atoms with Crippen LogP contribution in [0.4, 0.5) is 0 Å². The molecule has 3 N–H and O–H groups in total. The summed E-state index contributed by atoms with van der Waals surface area (Å²) >= 11 is 6.03. The minimum Gasteiger partial charge on any atom is -0.346 e. The number of nitrogens with one attached hydrogen (secondary N) is 1. The van der Waals surface area contributed by atoms with E-state index in [9.17, 15) is 4.79 Å². The zero-order chi connectivity index (χ0) is 13.5. The number of hydrogen-bond acceptors (Lipinski definition) is 2. The van der Waals surface area contributed by atoms with Crippen LogP contribution >= 0.6 is 24.0 Å².